The summed E-state index contributed by atoms with van der Waals surface area (Å²) >= 11 is 0. The molecule has 29 heavy (non-hydrogen) atoms. The molecule has 2 atom stereocenters. The van der Waals surface area contributed by atoms with E-state index in [1.807, 2.05) is 6.07 Å². The number of hydrogen-bond donors (Lipinski definition) is 1. The van der Waals surface area contributed by atoms with Crippen LogP contribution in [0.3, 0.4) is 0 Å². The fourth-order valence-corrected chi connectivity index (χ4v) is 3.86. The number of halogens is 2. The van der Waals surface area contributed by atoms with Crippen molar-refractivity contribution in [2.24, 2.45) is 0 Å². The molecule has 0 unspecified atom stereocenters. The van der Waals surface area contributed by atoms with Gasteiger partial charge in [0.15, 0.2) is 11.5 Å². The molecule has 2 aliphatic heterocycles. The van der Waals surface area contributed by atoms with Crippen LogP contribution in [0.25, 0.3) is 0 Å². The number of fused-ring (bicyclic) bond motifs is 1. The zero-order valence-electron chi connectivity index (χ0n) is 15.9. The maximum absolute atomic E-state index is 13.3. The Morgan fingerprint density at radius 2 is 2.07 bits per heavy atom. The summed E-state index contributed by atoms with van der Waals surface area (Å²) < 4.78 is 42.0. The third-order valence-corrected chi connectivity index (χ3v) is 5.18. The molecule has 0 radical (unpaired) electrons. The number of methoxy groups -OCH3 is 1. The maximum atomic E-state index is 13.3. The summed E-state index contributed by atoms with van der Waals surface area (Å²) in [5, 5.41) is 3.30. The molecule has 0 aliphatic carbocycles. The second-order valence-corrected chi connectivity index (χ2v) is 6.94. The van der Waals surface area contributed by atoms with E-state index in [1.165, 1.54) is 7.11 Å². The standard InChI is InChI=1S/C21H22F2N2O4/c1-27-17-10-4-8-15(18(17)29-21(22)23)19-24-16-9-3-2-7-14(16)20(26)25(19)12-13-6-5-11-28-13/h2-4,7-10,13,19,21,24H,5-6,11-12H2,1H3/t13-,19-/m1/s1. The number of anilines is 1. The molecule has 4 rings (SSSR count). The Morgan fingerprint density at radius 3 is 2.79 bits per heavy atom. The first-order valence-corrected chi connectivity index (χ1v) is 9.48. The summed E-state index contributed by atoms with van der Waals surface area (Å²) in [5.74, 6) is -0.106. The van der Waals surface area contributed by atoms with E-state index in [2.05, 4.69) is 5.32 Å². The number of para-hydroxylation sites is 2. The molecule has 2 aromatic rings. The van der Waals surface area contributed by atoms with Gasteiger partial charge in [-0.25, -0.2) is 0 Å². The van der Waals surface area contributed by atoms with Gasteiger partial charge < -0.3 is 24.4 Å². The summed E-state index contributed by atoms with van der Waals surface area (Å²) in [6.07, 6.45) is 0.973. The highest BCUT2D eigenvalue weighted by molar-refractivity contribution is 6.01. The van der Waals surface area contributed by atoms with E-state index >= 15 is 0 Å². The topological polar surface area (TPSA) is 60.0 Å². The monoisotopic (exact) mass is 404 g/mol. The van der Waals surface area contributed by atoms with E-state index in [0.717, 1.165) is 12.8 Å². The number of carbonyl (C=O) groups excluding carboxylic acids is 1. The summed E-state index contributed by atoms with van der Waals surface area (Å²) in [6, 6.07) is 12.0. The van der Waals surface area contributed by atoms with Crippen molar-refractivity contribution in [3.63, 3.8) is 0 Å². The molecule has 0 bridgehead atoms. The molecule has 8 heteroatoms. The van der Waals surface area contributed by atoms with E-state index in [1.54, 1.807) is 41.3 Å². The number of rotatable bonds is 6. The molecule has 1 saturated heterocycles. The van der Waals surface area contributed by atoms with Crippen LogP contribution in [0.15, 0.2) is 42.5 Å². The van der Waals surface area contributed by atoms with Gasteiger partial charge in [0.25, 0.3) is 5.91 Å². The Labute approximate surface area is 167 Å². The van der Waals surface area contributed by atoms with Crippen molar-refractivity contribution in [3.05, 3.63) is 53.6 Å². The Morgan fingerprint density at radius 1 is 1.24 bits per heavy atom. The van der Waals surface area contributed by atoms with Gasteiger partial charge in [-0.2, -0.15) is 8.78 Å². The Bertz CT molecular complexity index is 887. The summed E-state index contributed by atoms with van der Waals surface area (Å²) in [7, 11) is 1.39. The lowest BCUT2D eigenvalue weighted by Crippen LogP contribution is -2.46. The zero-order valence-corrected chi connectivity index (χ0v) is 15.9. The molecule has 1 amide bonds. The third kappa shape index (κ3) is 3.85. The van der Waals surface area contributed by atoms with Crippen molar-refractivity contribution >= 4 is 11.6 Å². The lowest BCUT2D eigenvalue weighted by atomic mass is 10.0. The molecule has 2 aliphatic rings. The minimum absolute atomic E-state index is 0.0907. The second-order valence-electron chi connectivity index (χ2n) is 6.94. The molecular weight excluding hydrogens is 382 g/mol. The van der Waals surface area contributed by atoms with Crippen molar-refractivity contribution in [2.75, 3.05) is 25.6 Å². The Balaban J connectivity index is 1.78. The van der Waals surface area contributed by atoms with E-state index < -0.39 is 12.8 Å². The van der Waals surface area contributed by atoms with Gasteiger partial charge in [0, 0.05) is 24.4 Å². The number of alkyl halides is 2. The number of amides is 1. The van der Waals surface area contributed by atoms with E-state index in [9.17, 15) is 13.6 Å². The highest BCUT2D eigenvalue weighted by Gasteiger charge is 2.37. The lowest BCUT2D eigenvalue weighted by Gasteiger charge is -2.39. The first kappa shape index (κ1) is 19.4. The fraction of sp³-hybridized carbons (Fsp3) is 0.381. The van der Waals surface area contributed by atoms with E-state index in [-0.39, 0.29) is 23.5 Å². The first-order chi connectivity index (χ1) is 14.1. The van der Waals surface area contributed by atoms with Gasteiger partial charge in [-0.1, -0.05) is 24.3 Å². The Kier molecular flexibility index (Phi) is 5.53. The normalized spacial score (nSPS) is 21.1. The van der Waals surface area contributed by atoms with Crippen LogP contribution in [0.2, 0.25) is 0 Å². The minimum Gasteiger partial charge on any atom is -0.493 e. The van der Waals surface area contributed by atoms with Crippen LogP contribution in [-0.2, 0) is 4.74 Å². The maximum Gasteiger partial charge on any atom is 0.387 e. The predicted octanol–water partition coefficient (Wildman–Crippen LogP) is 4.04. The van der Waals surface area contributed by atoms with Crippen LogP contribution in [0.4, 0.5) is 14.5 Å². The van der Waals surface area contributed by atoms with E-state index in [4.69, 9.17) is 14.2 Å². The van der Waals surface area contributed by atoms with Crippen LogP contribution in [-0.4, -0.2) is 43.8 Å². The molecule has 2 heterocycles. The number of nitrogens with zero attached hydrogens (tertiary/aromatic N) is 1. The Hall–Kier alpha value is -2.87. The van der Waals surface area contributed by atoms with Crippen LogP contribution in [0.1, 0.15) is 34.9 Å². The molecule has 2 aromatic carbocycles. The van der Waals surface area contributed by atoms with Crippen molar-refractivity contribution < 1.29 is 27.8 Å². The van der Waals surface area contributed by atoms with Gasteiger partial charge in [-0.3, -0.25) is 4.79 Å². The minimum atomic E-state index is -3.02. The molecule has 0 aromatic heterocycles. The van der Waals surface area contributed by atoms with Gasteiger partial charge in [0.2, 0.25) is 0 Å². The quantitative estimate of drug-likeness (QED) is 0.787. The molecular formula is C21H22F2N2O4. The predicted molar refractivity (Wildman–Crippen MR) is 102 cm³/mol. The second kappa shape index (κ2) is 8.24. The number of benzene rings is 2. The van der Waals surface area contributed by atoms with Gasteiger partial charge in [0.05, 0.1) is 18.8 Å². The van der Waals surface area contributed by atoms with Crippen molar-refractivity contribution in [2.45, 2.75) is 31.7 Å². The van der Waals surface area contributed by atoms with Gasteiger partial charge >= 0.3 is 6.61 Å². The molecule has 1 fully saturated rings. The highest BCUT2D eigenvalue weighted by Crippen LogP contribution is 2.41. The van der Waals surface area contributed by atoms with Crippen LogP contribution >= 0.6 is 0 Å². The summed E-state index contributed by atoms with van der Waals surface area (Å²) in [4.78, 5) is 14.9. The zero-order chi connectivity index (χ0) is 20.4. The summed E-state index contributed by atoms with van der Waals surface area (Å²) in [6.45, 7) is -2.03. The van der Waals surface area contributed by atoms with Crippen molar-refractivity contribution in [1.82, 2.24) is 4.90 Å². The van der Waals surface area contributed by atoms with Crippen LogP contribution < -0.4 is 14.8 Å². The van der Waals surface area contributed by atoms with Crippen molar-refractivity contribution in [1.29, 1.82) is 0 Å². The number of hydrogen-bond acceptors (Lipinski definition) is 5. The van der Waals surface area contributed by atoms with Gasteiger partial charge in [-0.15, -0.1) is 0 Å². The highest BCUT2D eigenvalue weighted by atomic mass is 19.3. The number of carbonyl (C=O) groups is 1. The van der Waals surface area contributed by atoms with Gasteiger partial charge in [0.1, 0.15) is 6.17 Å². The molecule has 0 spiro atoms. The summed E-state index contributed by atoms with van der Waals surface area (Å²) in [5.41, 5.74) is 1.56. The van der Waals surface area contributed by atoms with Crippen LogP contribution in [0.5, 0.6) is 11.5 Å². The smallest absolute Gasteiger partial charge is 0.387 e. The number of nitrogens with one attached hydrogen (secondary N) is 1. The van der Waals surface area contributed by atoms with Gasteiger partial charge in [-0.05, 0) is 31.0 Å². The van der Waals surface area contributed by atoms with E-state index in [0.29, 0.717) is 30.0 Å². The van der Waals surface area contributed by atoms with Crippen molar-refractivity contribution in [3.8, 4) is 11.5 Å². The SMILES string of the molecule is COc1cccc([C@@H]2Nc3ccccc3C(=O)N2C[C@H]2CCCO2)c1OC(F)F. The largest absolute Gasteiger partial charge is 0.493 e. The molecule has 0 saturated carbocycles. The molecule has 1 N–H and O–H groups in total. The third-order valence-electron chi connectivity index (χ3n) is 5.18. The number of ether oxygens (including phenoxy) is 3. The average molecular weight is 404 g/mol. The van der Waals surface area contributed by atoms with Crippen LogP contribution in [0, 0.1) is 0 Å². The average Bonchev–Trinajstić information content (AvgIpc) is 3.23. The fourth-order valence-electron chi connectivity index (χ4n) is 3.86. The lowest BCUT2D eigenvalue weighted by molar-refractivity contribution is -0.0524. The first-order valence-electron chi connectivity index (χ1n) is 9.48. The molecule has 154 valence electrons. The molecule has 6 nitrogen and oxygen atoms in total.